The molecule has 1 heterocycles. The van der Waals surface area contributed by atoms with Crippen molar-refractivity contribution in [2.24, 2.45) is 5.73 Å². The quantitative estimate of drug-likeness (QED) is 0.855. The zero-order valence-corrected chi connectivity index (χ0v) is 15.0. The first-order chi connectivity index (χ1) is 11.9. The van der Waals surface area contributed by atoms with Crippen LogP contribution in [0.4, 0.5) is 10.5 Å². The molecule has 0 fully saturated rings. The molecule has 2 aromatic carbocycles. The lowest BCUT2D eigenvalue weighted by atomic mass is 9.94. The molecule has 3 rings (SSSR count). The molecule has 0 bridgehead atoms. The number of nitrogens with one attached hydrogen (secondary N) is 1. The highest BCUT2D eigenvalue weighted by atomic mass is 35.5. The van der Waals surface area contributed by atoms with Crippen molar-refractivity contribution >= 4 is 40.8 Å². The van der Waals surface area contributed by atoms with Crippen LogP contribution in [-0.2, 0) is 11.2 Å². The molecule has 0 radical (unpaired) electrons. The van der Waals surface area contributed by atoms with Crippen LogP contribution in [0.1, 0.15) is 24.1 Å². The Morgan fingerprint density at radius 3 is 2.68 bits per heavy atom. The first kappa shape index (κ1) is 17.6. The van der Waals surface area contributed by atoms with Gasteiger partial charge in [-0.25, -0.2) is 4.79 Å². The van der Waals surface area contributed by atoms with Gasteiger partial charge in [-0.15, -0.1) is 0 Å². The predicted molar refractivity (Wildman–Crippen MR) is 99.0 cm³/mol. The van der Waals surface area contributed by atoms with Gasteiger partial charge in [-0.3, -0.25) is 4.79 Å². The molecule has 130 valence electrons. The number of hydrogen-bond donors (Lipinski definition) is 2. The third kappa shape index (κ3) is 3.43. The van der Waals surface area contributed by atoms with Crippen molar-refractivity contribution in [2.75, 3.05) is 4.90 Å². The highest BCUT2D eigenvalue weighted by molar-refractivity contribution is 6.31. The monoisotopic (exact) mass is 377 g/mol. The molecule has 7 heteroatoms. The summed E-state index contributed by atoms with van der Waals surface area (Å²) in [6.07, 6.45) is 0.361. The first-order valence-electron chi connectivity index (χ1n) is 7.80. The number of rotatable bonds is 3. The summed E-state index contributed by atoms with van der Waals surface area (Å²) in [4.78, 5) is 25.9. The largest absolute Gasteiger partial charge is 0.352 e. The van der Waals surface area contributed by atoms with E-state index in [0.717, 1.165) is 11.1 Å². The Bertz CT molecular complexity index is 841. The molecule has 1 aliphatic heterocycles. The minimum atomic E-state index is -0.735. The number of anilines is 1. The summed E-state index contributed by atoms with van der Waals surface area (Å²) >= 11 is 12.4. The van der Waals surface area contributed by atoms with Gasteiger partial charge in [0.05, 0.1) is 6.04 Å². The number of nitrogens with zero attached hydrogens (tertiary/aromatic N) is 1. The normalized spacial score (nSPS) is 17.8. The van der Waals surface area contributed by atoms with Crippen LogP contribution in [0, 0.1) is 0 Å². The van der Waals surface area contributed by atoms with E-state index in [-0.39, 0.29) is 11.9 Å². The van der Waals surface area contributed by atoms with Gasteiger partial charge < -0.3 is 16.0 Å². The molecule has 2 aromatic rings. The summed E-state index contributed by atoms with van der Waals surface area (Å²) in [5, 5.41) is 3.62. The van der Waals surface area contributed by atoms with Crippen LogP contribution in [0.25, 0.3) is 0 Å². The number of hydrogen-bond acceptors (Lipinski definition) is 2. The van der Waals surface area contributed by atoms with Gasteiger partial charge in [-0.2, -0.15) is 0 Å². The Kier molecular flexibility index (Phi) is 4.88. The number of primary amides is 1. The Morgan fingerprint density at radius 1 is 1.28 bits per heavy atom. The van der Waals surface area contributed by atoms with Crippen molar-refractivity contribution in [1.82, 2.24) is 5.32 Å². The molecule has 0 saturated carbocycles. The van der Waals surface area contributed by atoms with Crippen molar-refractivity contribution in [3.8, 4) is 0 Å². The van der Waals surface area contributed by atoms with Crippen LogP contribution < -0.4 is 16.0 Å². The molecule has 5 nitrogen and oxygen atoms in total. The molecule has 0 aliphatic carbocycles. The van der Waals surface area contributed by atoms with Crippen LogP contribution >= 0.6 is 23.2 Å². The SMILES string of the molecule is C[C@@H](c1ccccc1Cl)N1C(=O)[C@H](NC(N)=O)Cc2ccc(Cl)cc21. The minimum absolute atomic E-state index is 0.249. The van der Waals surface area contributed by atoms with Gasteiger partial charge in [0.25, 0.3) is 5.91 Å². The average molecular weight is 378 g/mol. The van der Waals surface area contributed by atoms with E-state index < -0.39 is 12.1 Å². The van der Waals surface area contributed by atoms with E-state index in [1.807, 2.05) is 31.2 Å². The van der Waals surface area contributed by atoms with Gasteiger partial charge in [0.1, 0.15) is 6.04 Å². The number of carbonyl (C=O) groups excluding carboxylic acids is 2. The van der Waals surface area contributed by atoms with Crippen molar-refractivity contribution in [3.63, 3.8) is 0 Å². The highest BCUT2D eigenvalue weighted by Crippen LogP contribution is 2.38. The van der Waals surface area contributed by atoms with Crippen LogP contribution in [-0.4, -0.2) is 18.0 Å². The second kappa shape index (κ2) is 6.94. The number of amides is 3. The van der Waals surface area contributed by atoms with E-state index in [2.05, 4.69) is 5.32 Å². The molecule has 2 atom stereocenters. The van der Waals surface area contributed by atoms with E-state index in [1.54, 1.807) is 23.1 Å². The lowest BCUT2D eigenvalue weighted by Crippen LogP contribution is -2.54. The molecule has 0 unspecified atom stereocenters. The molecule has 0 spiro atoms. The molecule has 1 aliphatic rings. The third-order valence-corrected chi connectivity index (χ3v) is 4.90. The van der Waals surface area contributed by atoms with E-state index in [9.17, 15) is 9.59 Å². The van der Waals surface area contributed by atoms with Gasteiger partial charge >= 0.3 is 6.03 Å². The summed E-state index contributed by atoms with van der Waals surface area (Å²) < 4.78 is 0. The lowest BCUT2D eigenvalue weighted by Gasteiger charge is -2.38. The average Bonchev–Trinajstić information content (AvgIpc) is 2.55. The third-order valence-electron chi connectivity index (χ3n) is 4.33. The number of benzene rings is 2. The zero-order chi connectivity index (χ0) is 18.1. The van der Waals surface area contributed by atoms with Gasteiger partial charge in [0.2, 0.25) is 0 Å². The second-order valence-corrected chi connectivity index (χ2v) is 6.79. The number of fused-ring (bicyclic) bond motifs is 1. The molecular weight excluding hydrogens is 361 g/mol. The number of carbonyl (C=O) groups is 2. The summed E-state index contributed by atoms with van der Waals surface area (Å²) in [5.41, 5.74) is 7.65. The van der Waals surface area contributed by atoms with E-state index in [0.29, 0.717) is 22.2 Å². The van der Waals surface area contributed by atoms with Gasteiger partial charge in [0, 0.05) is 22.2 Å². The smallest absolute Gasteiger partial charge is 0.312 e. The number of nitrogens with two attached hydrogens (primary N) is 1. The topological polar surface area (TPSA) is 75.4 Å². The molecule has 3 amide bonds. The van der Waals surface area contributed by atoms with E-state index in [4.69, 9.17) is 28.9 Å². The second-order valence-electron chi connectivity index (χ2n) is 5.94. The van der Waals surface area contributed by atoms with Gasteiger partial charge in [-0.05, 0) is 36.2 Å². The maximum absolute atomic E-state index is 13.0. The number of urea groups is 1. The molecule has 3 N–H and O–H groups in total. The Morgan fingerprint density at radius 2 is 2.00 bits per heavy atom. The van der Waals surface area contributed by atoms with Crippen molar-refractivity contribution in [3.05, 3.63) is 63.6 Å². The minimum Gasteiger partial charge on any atom is -0.352 e. The fraction of sp³-hybridized carbons (Fsp3) is 0.222. The molecule has 0 aromatic heterocycles. The van der Waals surface area contributed by atoms with Crippen molar-refractivity contribution < 1.29 is 9.59 Å². The van der Waals surface area contributed by atoms with Crippen molar-refractivity contribution in [2.45, 2.75) is 25.4 Å². The molecule has 0 saturated heterocycles. The maximum Gasteiger partial charge on any atom is 0.312 e. The van der Waals surface area contributed by atoms with Crippen molar-refractivity contribution in [1.29, 1.82) is 0 Å². The standard InChI is InChI=1S/C18H17Cl2N3O2/c1-10(13-4-2-3-5-14(13)20)23-16-9-12(19)7-6-11(16)8-15(17(23)24)22-18(21)25/h2-7,9-10,15H,8H2,1H3,(H3,21,22,25)/t10-,15+/m0/s1. The lowest BCUT2D eigenvalue weighted by molar-refractivity contribution is -0.121. The Hall–Kier alpha value is -2.24. The van der Waals surface area contributed by atoms with Gasteiger partial charge in [0.15, 0.2) is 0 Å². The van der Waals surface area contributed by atoms with Crippen LogP contribution in [0.5, 0.6) is 0 Å². The summed E-state index contributed by atoms with van der Waals surface area (Å²) in [6.45, 7) is 1.89. The fourth-order valence-electron chi connectivity index (χ4n) is 3.16. The summed E-state index contributed by atoms with van der Waals surface area (Å²) in [7, 11) is 0. The summed E-state index contributed by atoms with van der Waals surface area (Å²) in [6, 6.07) is 10.9. The number of halogens is 2. The fourth-order valence-corrected chi connectivity index (χ4v) is 3.62. The summed E-state index contributed by atoms with van der Waals surface area (Å²) in [5.74, 6) is -0.249. The van der Waals surface area contributed by atoms with Gasteiger partial charge in [-0.1, -0.05) is 47.5 Å². The Balaban J connectivity index is 2.09. The predicted octanol–water partition coefficient (Wildman–Crippen LogP) is 3.68. The highest BCUT2D eigenvalue weighted by Gasteiger charge is 2.37. The first-order valence-corrected chi connectivity index (χ1v) is 8.56. The zero-order valence-electron chi connectivity index (χ0n) is 13.5. The Labute approximate surface area is 155 Å². The van der Waals surface area contributed by atoms with Crippen LogP contribution in [0.3, 0.4) is 0 Å². The van der Waals surface area contributed by atoms with Crippen LogP contribution in [0.15, 0.2) is 42.5 Å². The van der Waals surface area contributed by atoms with E-state index in [1.165, 1.54) is 0 Å². The molecular formula is C18H17Cl2N3O2. The molecule has 25 heavy (non-hydrogen) atoms. The maximum atomic E-state index is 13.0. The van der Waals surface area contributed by atoms with E-state index >= 15 is 0 Å². The van der Waals surface area contributed by atoms with Crippen LogP contribution in [0.2, 0.25) is 10.0 Å².